The Labute approximate surface area is 120 Å². The van der Waals surface area contributed by atoms with Crippen molar-refractivity contribution in [1.82, 2.24) is 5.32 Å². The Balaban J connectivity index is 1.68. The fourth-order valence-electron chi connectivity index (χ4n) is 2.13. The number of carbonyl (C=O) groups is 1. The van der Waals surface area contributed by atoms with Crippen LogP contribution in [-0.2, 0) is 11.3 Å². The summed E-state index contributed by atoms with van der Waals surface area (Å²) in [6, 6.07) is 9.34. The first-order valence-corrected chi connectivity index (χ1v) is 7.19. The molecule has 1 aromatic carbocycles. The molecule has 0 bridgehead atoms. The van der Waals surface area contributed by atoms with Crippen molar-refractivity contribution < 1.29 is 14.6 Å². The maximum atomic E-state index is 11.7. The lowest BCUT2D eigenvalue weighted by Gasteiger charge is -2.18. The summed E-state index contributed by atoms with van der Waals surface area (Å²) in [7, 11) is 0. The maximum absolute atomic E-state index is 11.7. The largest absolute Gasteiger partial charge is 0.445 e. The summed E-state index contributed by atoms with van der Waals surface area (Å²) in [5, 5.41) is 12.0. The number of benzene rings is 1. The predicted octanol–water partition coefficient (Wildman–Crippen LogP) is 2.85. The first-order chi connectivity index (χ1) is 9.61. The Morgan fingerprint density at radius 3 is 2.70 bits per heavy atom. The van der Waals surface area contributed by atoms with Crippen LogP contribution in [0.4, 0.5) is 4.79 Å². The summed E-state index contributed by atoms with van der Waals surface area (Å²) >= 11 is 0. The molecule has 0 spiro atoms. The van der Waals surface area contributed by atoms with Crippen LogP contribution in [-0.4, -0.2) is 23.8 Å². The molecule has 4 nitrogen and oxygen atoms in total. The summed E-state index contributed by atoms with van der Waals surface area (Å²) in [4.78, 5) is 11.7. The van der Waals surface area contributed by atoms with E-state index in [0.717, 1.165) is 18.4 Å². The fraction of sp³-hybridized carbons (Fsp3) is 0.562. The van der Waals surface area contributed by atoms with E-state index in [0.29, 0.717) is 5.41 Å². The van der Waals surface area contributed by atoms with Crippen molar-refractivity contribution in [3.63, 3.8) is 0 Å². The molecule has 1 atom stereocenters. The normalized spacial score (nSPS) is 17.3. The van der Waals surface area contributed by atoms with Gasteiger partial charge in [-0.2, -0.15) is 0 Å². The van der Waals surface area contributed by atoms with Crippen molar-refractivity contribution in [2.24, 2.45) is 5.41 Å². The minimum absolute atomic E-state index is 0.0451. The van der Waals surface area contributed by atoms with Crippen molar-refractivity contribution in [2.45, 2.75) is 45.3 Å². The smallest absolute Gasteiger partial charge is 0.407 e. The van der Waals surface area contributed by atoms with E-state index in [1.165, 1.54) is 12.8 Å². The Morgan fingerprint density at radius 2 is 2.10 bits per heavy atom. The molecule has 20 heavy (non-hydrogen) atoms. The van der Waals surface area contributed by atoms with Gasteiger partial charge in [-0.3, -0.25) is 0 Å². The minimum Gasteiger partial charge on any atom is -0.445 e. The lowest BCUT2D eigenvalue weighted by atomic mass is 10.00. The first-order valence-electron chi connectivity index (χ1n) is 7.19. The zero-order valence-electron chi connectivity index (χ0n) is 12.0. The van der Waals surface area contributed by atoms with Crippen molar-refractivity contribution in [2.75, 3.05) is 6.61 Å². The molecule has 2 rings (SSSR count). The van der Waals surface area contributed by atoms with Gasteiger partial charge in [0, 0.05) is 0 Å². The summed E-state index contributed by atoms with van der Waals surface area (Å²) in [6.45, 7) is 2.45. The third kappa shape index (κ3) is 4.85. The first kappa shape index (κ1) is 14.9. The van der Waals surface area contributed by atoms with E-state index in [4.69, 9.17) is 4.74 Å². The molecule has 1 aliphatic carbocycles. The molecule has 2 N–H and O–H groups in total. The molecule has 4 heteroatoms. The van der Waals surface area contributed by atoms with Crippen LogP contribution < -0.4 is 5.32 Å². The van der Waals surface area contributed by atoms with E-state index in [9.17, 15) is 9.90 Å². The molecule has 0 aromatic heterocycles. The topological polar surface area (TPSA) is 58.6 Å². The van der Waals surface area contributed by atoms with Crippen molar-refractivity contribution >= 4 is 6.09 Å². The predicted molar refractivity (Wildman–Crippen MR) is 77.2 cm³/mol. The molecule has 110 valence electrons. The van der Waals surface area contributed by atoms with Gasteiger partial charge in [-0.25, -0.2) is 4.79 Å². The highest BCUT2D eigenvalue weighted by atomic mass is 16.5. The zero-order valence-corrected chi connectivity index (χ0v) is 12.0. The fourth-order valence-corrected chi connectivity index (χ4v) is 2.13. The van der Waals surface area contributed by atoms with Crippen LogP contribution >= 0.6 is 0 Å². The van der Waals surface area contributed by atoms with Gasteiger partial charge < -0.3 is 15.2 Å². The van der Waals surface area contributed by atoms with E-state index in [2.05, 4.69) is 12.2 Å². The van der Waals surface area contributed by atoms with Gasteiger partial charge in [0.15, 0.2) is 0 Å². The second kappa shape index (κ2) is 6.75. The molecule has 0 radical (unpaired) electrons. The molecule has 1 aromatic rings. The van der Waals surface area contributed by atoms with Crippen LogP contribution in [0.3, 0.4) is 0 Å². The van der Waals surface area contributed by atoms with Crippen LogP contribution in [0.2, 0.25) is 0 Å². The molecule has 1 saturated carbocycles. The van der Waals surface area contributed by atoms with Gasteiger partial charge in [0.05, 0.1) is 12.6 Å². The number of ether oxygens (including phenoxy) is 1. The molecular weight excluding hydrogens is 254 g/mol. The number of nitrogens with one attached hydrogen (secondary N) is 1. The monoisotopic (exact) mass is 277 g/mol. The van der Waals surface area contributed by atoms with Crippen molar-refractivity contribution in [1.29, 1.82) is 0 Å². The van der Waals surface area contributed by atoms with E-state index >= 15 is 0 Å². The Hall–Kier alpha value is -1.55. The number of aliphatic hydroxyl groups is 1. The summed E-state index contributed by atoms with van der Waals surface area (Å²) in [5.41, 5.74) is 1.39. The van der Waals surface area contributed by atoms with Crippen molar-refractivity contribution in [3.05, 3.63) is 35.9 Å². The molecule has 0 unspecified atom stereocenters. The number of amides is 1. The quantitative estimate of drug-likeness (QED) is 0.805. The third-order valence-corrected chi connectivity index (χ3v) is 3.96. The third-order valence-electron chi connectivity index (χ3n) is 3.96. The Morgan fingerprint density at radius 1 is 1.40 bits per heavy atom. The lowest BCUT2D eigenvalue weighted by Crippen LogP contribution is -2.38. The zero-order chi connectivity index (χ0) is 14.4. The van der Waals surface area contributed by atoms with Gasteiger partial charge in [0.25, 0.3) is 0 Å². The lowest BCUT2D eigenvalue weighted by molar-refractivity contribution is 0.127. The Bertz CT molecular complexity index is 429. The average Bonchev–Trinajstić information content (AvgIpc) is 3.20. The highest BCUT2D eigenvalue weighted by Crippen LogP contribution is 2.49. The van der Waals surface area contributed by atoms with Gasteiger partial charge >= 0.3 is 6.09 Å². The molecule has 1 amide bonds. The summed E-state index contributed by atoms with van der Waals surface area (Å²) < 4.78 is 5.15. The van der Waals surface area contributed by atoms with Crippen LogP contribution in [0, 0.1) is 5.41 Å². The van der Waals surface area contributed by atoms with Gasteiger partial charge in [-0.15, -0.1) is 0 Å². The van der Waals surface area contributed by atoms with Crippen LogP contribution in [0.25, 0.3) is 0 Å². The van der Waals surface area contributed by atoms with E-state index in [1.54, 1.807) is 0 Å². The highest BCUT2D eigenvalue weighted by Gasteiger charge is 2.37. The minimum atomic E-state index is -0.464. The van der Waals surface area contributed by atoms with Gasteiger partial charge in [-0.1, -0.05) is 37.3 Å². The number of carbonyl (C=O) groups excluding carboxylic acids is 1. The summed E-state index contributed by atoms with van der Waals surface area (Å²) in [5.74, 6) is 0. The van der Waals surface area contributed by atoms with Crippen LogP contribution in [0.15, 0.2) is 30.3 Å². The van der Waals surface area contributed by atoms with Gasteiger partial charge in [0.2, 0.25) is 0 Å². The second-order valence-corrected chi connectivity index (χ2v) is 5.93. The molecule has 0 aliphatic heterocycles. The standard InChI is InChI=1S/C16H23NO3/c1-16(9-10-16)8-7-14(11-18)17-15(19)20-12-13-5-3-2-4-6-13/h2-6,14,18H,7-12H2,1H3,(H,17,19)/t14-/m0/s1. The summed E-state index contributed by atoms with van der Waals surface area (Å²) in [6.07, 6.45) is 3.88. The van der Waals surface area contributed by atoms with E-state index in [-0.39, 0.29) is 19.3 Å². The number of hydrogen-bond donors (Lipinski definition) is 2. The highest BCUT2D eigenvalue weighted by molar-refractivity contribution is 5.67. The number of hydrogen-bond acceptors (Lipinski definition) is 3. The second-order valence-electron chi connectivity index (χ2n) is 5.93. The van der Waals surface area contributed by atoms with Crippen molar-refractivity contribution in [3.8, 4) is 0 Å². The van der Waals surface area contributed by atoms with Gasteiger partial charge in [-0.05, 0) is 36.7 Å². The molecule has 0 saturated heterocycles. The molecule has 1 fully saturated rings. The number of alkyl carbamates (subject to hydrolysis) is 1. The molecule has 0 heterocycles. The average molecular weight is 277 g/mol. The SMILES string of the molecule is CC1(CC[C@@H](CO)NC(=O)OCc2ccccc2)CC1. The Kier molecular flexibility index (Phi) is 5.01. The maximum Gasteiger partial charge on any atom is 0.407 e. The van der Waals surface area contributed by atoms with Crippen LogP contribution in [0.5, 0.6) is 0 Å². The molecular formula is C16H23NO3. The number of aliphatic hydroxyl groups excluding tert-OH is 1. The molecule has 1 aliphatic rings. The number of rotatable bonds is 7. The van der Waals surface area contributed by atoms with E-state index < -0.39 is 6.09 Å². The van der Waals surface area contributed by atoms with E-state index in [1.807, 2.05) is 30.3 Å². The van der Waals surface area contributed by atoms with Crippen LogP contribution in [0.1, 0.15) is 38.2 Å². The van der Waals surface area contributed by atoms with Gasteiger partial charge in [0.1, 0.15) is 6.61 Å².